The van der Waals surface area contributed by atoms with Crippen molar-refractivity contribution in [2.75, 3.05) is 7.11 Å². The van der Waals surface area contributed by atoms with Gasteiger partial charge in [0.25, 0.3) is 0 Å². The molecule has 0 aliphatic carbocycles. The molecule has 0 aromatic heterocycles. The van der Waals surface area contributed by atoms with E-state index >= 15 is 0 Å². The molecule has 0 rings (SSSR count). The number of allylic oxidation sites excluding steroid dienone is 1. The second kappa shape index (κ2) is 5.11. The first kappa shape index (κ1) is 11.4. The Morgan fingerprint density at radius 1 is 1.25 bits per heavy atom. The van der Waals surface area contributed by atoms with Crippen molar-refractivity contribution < 1.29 is 14.6 Å². The van der Waals surface area contributed by atoms with Crippen molar-refractivity contribution >= 4 is 14.8 Å². The van der Waals surface area contributed by atoms with Crippen LogP contribution < -0.4 is 0 Å². The fourth-order valence-corrected chi connectivity index (χ4v) is 1.72. The molecule has 0 radical (unpaired) electrons. The van der Waals surface area contributed by atoms with Crippen LogP contribution in [0.5, 0.6) is 0 Å². The first-order chi connectivity index (χ1) is 5.50. The number of hydrogen-bond acceptors (Lipinski definition) is 3. The molecule has 0 saturated heterocycles. The van der Waals surface area contributed by atoms with Gasteiger partial charge >= 0.3 is 5.97 Å². The van der Waals surface area contributed by atoms with Crippen LogP contribution in [-0.2, 0) is 14.6 Å². The lowest BCUT2D eigenvalue weighted by Gasteiger charge is -2.07. The topological polar surface area (TPSA) is 35.5 Å². The van der Waals surface area contributed by atoms with Gasteiger partial charge in [0, 0.05) is 5.57 Å². The third-order valence-corrected chi connectivity index (χ3v) is 4.09. The molecule has 0 atom stereocenters. The summed E-state index contributed by atoms with van der Waals surface area (Å²) < 4.78 is 0. The van der Waals surface area contributed by atoms with Gasteiger partial charge in [-0.15, -0.1) is 0 Å². The summed E-state index contributed by atoms with van der Waals surface area (Å²) in [5, 5.41) is 1.16. The van der Waals surface area contributed by atoms with E-state index in [0.717, 1.165) is 5.20 Å². The van der Waals surface area contributed by atoms with Crippen LogP contribution in [0.3, 0.4) is 0 Å². The standard InChI is InChI=1S/C8H16O3Si/c1-6(7(2)12(4)5)8(9)11-10-3/h12H,1-5H3. The Balaban J connectivity index is 4.43. The third-order valence-electron chi connectivity index (χ3n) is 1.92. The quantitative estimate of drug-likeness (QED) is 0.291. The van der Waals surface area contributed by atoms with Crippen molar-refractivity contribution in [3.8, 4) is 0 Å². The van der Waals surface area contributed by atoms with Crippen LogP contribution in [-0.4, -0.2) is 21.9 Å². The van der Waals surface area contributed by atoms with E-state index in [-0.39, 0.29) is 5.97 Å². The highest BCUT2D eigenvalue weighted by Gasteiger charge is 2.12. The number of carbonyl (C=O) groups excluding carboxylic acids is 1. The van der Waals surface area contributed by atoms with Gasteiger partial charge < -0.3 is 0 Å². The predicted octanol–water partition coefficient (Wildman–Crippen LogP) is 1.45. The van der Waals surface area contributed by atoms with Gasteiger partial charge in [-0.1, -0.05) is 18.3 Å². The zero-order valence-corrected chi connectivity index (χ0v) is 9.46. The van der Waals surface area contributed by atoms with Gasteiger partial charge in [0.05, 0.1) is 15.9 Å². The van der Waals surface area contributed by atoms with Gasteiger partial charge in [-0.05, 0) is 13.8 Å². The maximum absolute atomic E-state index is 11.1. The Kier molecular flexibility index (Phi) is 4.85. The largest absolute Gasteiger partial charge is 0.368 e. The van der Waals surface area contributed by atoms with Crippen LogP contribution in [0.2, 0.25) is 13.1 Å². The average molecular weight is 188 g/mol. The van der Waals surface area contributed by atoms with Gasteiger partial charge in [-0.25, -0.2) is 4.79 Å². The summed E-state index contributed by atoms with van der Waals surface area (Å²) in [7, 11) is 0.446. The van der Waals surface area contributed by atoms with Crippen molar-refractivity contribution in [2.45, 2.75) is 26.9 Å². The van der Waals surface area contributed by atoms with E-state index < -0.39 is 8.80 Å². The van der Waals surface area contributed by atoms with Crippen molar-refractivity contribution in [3.05, 3.63) is 10.8 Å². The molecule has 0 heterocycles. The summed E-state index contributed by atoms with van der Waals surface area (Å²) in [6.07, 6.45) is 0. The van der Waals surface area contributed by atoms with Crippen molar-refractivity contribution in [2.24, 2.45) is 0 Å². The Morgan fingerprint density at radius 3 is 2.08 bits per heavy atom. The van der Waals surface area contributed by atoms with Crippen molar-refractivity contribution in [3.63, 3.8) is 0 Å². The molecule has 0 aliphatic rings. The lowest BCUT2D eigenvalue weighted by molar-refractivity contribution is -0.250. The number of carbonyl (C=O) groups is 1. The zero-order valence-electron chi connectivity index (χ0n) is 8.30. The minimum absolute atomic E-state index is 0.379. The highest BCUT2D eigenvalue weighted by molar-refractivity contribution is 6.64. The lowest BCUT2D eigenvalue weighted by Crippen LogP contribution is -2.12. The predicted molar refractivity (Wildman–Crippen MR) is 50.4 cm³/mol. The molecule has 0 aliphatic heterocycles. The summed E-state index contributed by atoms with van der Waals surface area (Å²) in [6.45, 7) is 8.07. The molecule has 0 saturated carbocycles. The molecular weight excluding hydrogens is 172 g/mol. The molecule has 4 heteroatoms. The molecule has 0 bridgehead atoms. The van der Waals surface area contributed by atoms with E-state index in [0.29, 0.717) is 5.57 Å². The summed E-state index contributed by atoms with van der Waals surface area (Å²) in [5.41, 5.74) is 0.679. The Labute approximate surface area is 74.9 Å². The maximum atomic E-state index is 11.1. The SMILES string of the molecule is COOC(=O)C(C)=C(C)[SiH](C)C. The van der Waals surface area contributed by atoms with E-state index in [1.165, 1.54) is 7.11 Å². The fraction of sp³-hybridized carbons (Fsp3) is 0.625. The van der Waals surface area contributed by atoms with E-state index in [2.05, 4.69) is 22.9 Å². The number of rotatable bonds is 3. The van der Waals surface area contributed by atoms with Gasteiger partial charge in [0.1, 0.15) is 0 Å². The van der Waals surface area contributed by atoms with Crippen LogP contribution in [0, 0.1) is 0 Å². The normalized spacial score (nSPS) is 12.8. The van der Waals surface area contributed by atoms with Crippen LogP contribution in [0.1, 0.15) is 13.8 Å². The Bertz CT molecular complexity index is 196. The highest BCUT2D eigenvalue weighted by atomic mass is 28.3. The third kappa shape index (κ3) is 3.19. The van der Waals surface area contributed by atoms with Crippen LogP contribution in [0.25, 0.3) is 0 Å². The summed E-state index contributed by atoms with van der Waals surface area (Å²) in [4.78, 5) is 19.8. The molecule has 70 valence electrons. The van der Waals surface area contributed by atoms with E-state index in [9.17, 15) is 4.79 Å². The van der Waals surface area contributed by atoms with Gasteiger partial charge in [-0.2, -0.15) is 4.89 Å². The fourth-order valence-electron chi connectivity index (χ4n) is 0.732. The minimum atomic E-state index is -0.880. The molecule has 0 aromatic rings. The smallest absolute Gasteiger partial charge is 0.294 e. The molecule has 0 amide bonds. The van der Waals surface area contributed by atoms with E-state index in [1.54, 1.807) is 6.92 Å². The second-order valence-corrected chi connectivity index (χ2v) is 6.18. The maximum Gasteiger partial charge on any atom is 0.368 e. The Morgan fingerprint density at radius 2 is 1.75 bits per heavy atom. The summed E-state index contributed by atoms with van der Waals surface area (Å²) in [5.74, 6) is -0.379. The van der Waals surface area contributed by atoms with Gasteiger partial charge in [-0.3, -0.25) is 4.89 Å². The molecule has 12 heavy (non-hydrogen) atoms. The minimum Gasteiger partial charge on any atom is -0.294 e. The molecule has 3 nitrogen and oxygen atoms in total. The summed E-state index contributed by atoms with van der Waals surface area (Å²) in [6, 6.07) is 0. The molecular formula is C8H16O3Si. The molecule has 0 spiro atoms. The molecule has 0 fully saturated rings. The van der Waals surface area contributed by atoms with Crippen LogP contribution >= 0.6 is 0 Å². The van der Waals surface area contributed by atoms with Crippen molar-refractivity contribution in [1.29, 1.82) is 0 Å². The van der Waals surface area contributed by atoms with Gasteiger partial charge in [0.2, 0.25) is 0 Å². The number of hydrogen-bond donors (Lipinski definition) is 0. The van der Waals surface area contributed by atoms with Crippen LogP contribution in [0.4, 0.5) is 0 Å². The first-order valence-electron chi connectivity index (χ1n) is 3.93. The van der Waals surface area contributed by atoms with E-state index in [4.69, 9.17) is 0 Å². The monoisotopic (exact) mass is 188 g/mol. The van der Waals surface area contributed by atoms with Gasteiger partial charge in [0.15, 0.2) is 0 Å². The second-order valence-electron chi connectivity index (χ2n) is 3.00. The first-order valence-corrected chi connectivity index (χ1v) is 6.81. The Hall–Kier alpha value is -0.613. The average Bonchev–Trinajstić information content (AvgIpc) is 2.02. The zero-order chi connectivity index (χ0) is 9.72. The molecule has 0 N–H and O–H groups in total. The lowest BCUT2D eigenvalue weighted by atomic mass is 10.3. The molecule has 0 unspecified atom stereocenters. The highest BCUT2D eigenvalue weighted by Crippen LogP contribution is 2.08. The molecule has 0 aromatic carbocycles. The summed E-state index contributed by atoms with van der Waals surface area (Å²) >= 11 is 0. The van der Waals surface area contributed by atoms with E-state index in [1.807, 2.05) is 6.92 Å². The van der Waals surface area contributed by atoms with Crippen LogP contribution in [0.15, 0.2) is 10.8 Å². The van der Waals surface area contributed by atoms with Crippen molar-refractivity contribution in [1.82, 2.24) is 0 Å².